The number of nitrogens with zero attached hydrogens (tertiary/aromatic N) is 2. The largest absolute Gasteiger partial charge is 0.417 e. The van der Waals surface area contributed by atoms with Gasteiger partial charge in [-0.2, -0.15) is 13.2 Å². The Bertz CT molecular complexity index is 514. The molecule has 0 radical (unpaired) electrons. The Labute approximate surface area is 127 Å². The highest BCUT2D eigenvalue weighted by Crippen LogP contribution is 2.28. The number of alkyl halides is 3. The molecule has 7 heteroatoms. The summed E-state index contributed by atoms with van der Waals surface area (Å²) in [6.45, 7) is 0. The van der Waals surface area contributed by atoms with E-state index in [9.17, 15) is 18.0 Å². The molecule has 0 saturated heterocycles. The molecule has 0 aromatic carbocycles. The van der Waals surface area contributed by atoms with Crippen LogP contribution in [0.1, 0.15) is 41.7 Å². The third kappa shape index (κ3) is 3.97. The fourth-order valence-electron chi connectivity index (χ4n) is 2.84. The molecule has 4 nitrogen and oxygen atoms in total. The Morgan fingerprint density at radius 2 is 1.95 bits per heavy atom. The number of carbonyl (C=O) groups excluding carboxylic acids is 1. The van der Waals surface area contributed by atoms with Gasteiger partial charge in [-0.15, -0.1) is 0 Å². The maximum absolute atomic E-state index is 12.5. The highest BCUT2D eigenvalue weighted by atomic mass is 19.4. The Hall–Kier alpha value is -1.63. The molecule has 0 aliphatic heterocycles. The topological polar surface area (TPSA) is 45.2 Å². The molecule has 1 aliphatic carbocycles. The summed E-state index contributed by atoms with van der Waals surface area (Å²) in [6, 6.07) is 2.24. The fourth-order valence-corrected chi connectivity index (χ4v) is 2.84. The van der Waals surface area contributed by atoms with Crippen molar-refractivity contribution in [1.29, 1.82) is 0 Å². The summed E-state index contributed by atoms with van der Waals surface area (Å²) in [7, 11) is 3.93. The van der Waals surface area contributed by atoms with Gasteiger partial charge in [0.15, 0.2) is 0 Å². The summed E-state index contributed by atoms with van der Waals surface area (Å²) in [5.74, 6) is -0.424. The minimum atomic E-state index is -4.44. The molecule has 1 heterocycles. The average molecular weight is 315 g/mol. The number of carbonyl (C=O) groups is 1. The monoisotopic (exact) mass is 315 g/mol. The zero-order valence-electron chi connectivity index (χ0n) is 12.7. The maximum atomic E-state index is 12.5. The van der Waals surface area contributed by atoms with Gasteiger partial charge < -0.3 is 10.2 Å². The van der Waals surface area contributed by atoms with E-state index in [1.54, 1.807) is 0 Å². The van der Waals surface area contributed by atoms with Crippen LogP contribution in [0.25, 0.3) is 0 Å². The van der Waals surface area contributed by atoms with Crippen LogP contribution in [-0.2, 0) is 6.18 Å². The molecular weight excluding hydrogens is 295 g/mol. The van der Waals surface area contributed by atoms with Crippen molar-refractivity contribution in [2.75, 3.05) is 14.1 Å². The van der Waals surface area contributed by atoms with E-state index in [1.165, 1.54) is 0 Å². The minimum absolute atomic E-state index is 0.000317. The first-order chi connectivity index (χ1) is 10.3. The summed E-state index contributed by atoms with van der Waals surface area (Å²) in [5.41, 5.74) is -0.844. The molecule has 1 aromatic rings. The number of amides is 1. The van der Waals surface area contributed by atoms with Crippen molar-refractivity contribution in [1.82, 2.24) is 15.2 Å². The third-order valence-corrected chi connectivity index (χ3v) is 4.03. The molecule has 22 heavy (non-hydrogen) atoms. The lowest BCUT2D eigenvalue weighted by Gasteiger charge is -2.36. The maximum Gasteiger partial charge on any atom is 0.417 e. The Morgan fingerprint density at radius 3 is 2.50 bits per heavy atom. The van der Waals surface area contributed by atoms with Gasteiger partial charge in [0.05, 0.1) is 5.56 Å². The lowest BCUT2D eigenvalue weighted by molar-refractivity contribution is -0.137. The molecule has 2 unspecified atom stereocenters. The van der Waals surface area contributed by atoms with Crippen LogP contribution >= 0.6 is 0 Å². The molecule has 1 N–H and O–H groups in total. The molecular formula is C15H20F3N3O. The predicted octanol–water partition coefficient (Wildman–Crippen LogP) is 2.70. The van der Waals surface area contributed by atoms with Crippen LogP contribution in [0.3, 0.4) is 0 Å². The number of hydrogen-bond donors (Lipinski definition) is 1. The van der Waals surface area contributed by atoms with E-state index in [0.717, 1.165) is 37.8 Å². The van der Waals surface area contributed by atoms with Crippen LogP contribution in [0.4, 0.5) is 13.2 Å². The highest BCUT2D eigenvalue weighted by molar-refractivity contribution is 5.92. The molecule has 0 bridgehead atoms. The second-order valence-corrected chi connectivity index (χ2v) is 5.83. The summed E-state index contributed by atoms with van der Waals surface area (Å²) in [5, 5.41) is 2.90. The van der Waals surface area contributed by atoms with Crippen molar-refractivity contribution in [3.63, 3.8) is 0 Å². The SMILES string of the molecule is CN(C)C1CCCCC1NC(=O)c1ccc(C(F)(F)F)cn1. The van der Waals surface area contributed by atoms with Gasteiger partial charge in [-0.1, -0.05) is 12.8 Å². The fraction of sp³-hybridized carbons (Fsp3) is 0.600. The molecule has 2 rings (SSSR count). The van der Waals surface area contributed by atoms with Crippen molar-refractivity contribution in [3.05, 3.63) is 29.6 Å². The van der Waals surface area contributed by atoms with Crippen LogP contribution in [0.5, 0.6) is 0 Å². The van der Waals surface area contributed by atoms with E-state index in [2.05, 4.69) is 15.2 Å². The number of hydrogen-bond acceptors (Lipinski definition) is 3. The minimum Gasteiger partial charge on any atom is -0.346 e. The van der Waals surface area contributed by atoms with E-state index in [0.29, 0.717) is 6.20 Å². The molecule has 1 aliphatic rings. The van der Waals surface area contributed by atoms with Gasteiger partial charge in [-0.3, -0.25) is 9.78 Å². The van der Waals surface area contributed by atoms with Crippen LogP contribution < -0.4 is 5.32 Å². The average Bonchev–Trinajstić information content (AvgIpc) is 2.46. The number of aromatic nitrogens is 1. The predicted molar refractivity (Wildman–Crippen MR) is 76.4 cm³/mol. The number of pyridine rings is 1. The van der Waals surface area contributed by atoms with Gasteiger partial charge >= 0.3 is 6.18 Å². The summed E-state index contributed by atoms with van der Waals surface area (Å²) in [6.07, 6.45) is 0.275. The highest BCUT2D eigenvalue weighted by Gasteiger charge is 2.32. The van der Waals surface area contributed by atoms with Gasteiger partial charge in [0.25, 0.3) is 5.91 Å². The molecule has 122 valence electrons. The quantitative estimate of drug-likeness (QED) is 0.933. The Kier molecular flexibility index (Phi) is 5.05. The van der Waals surface area contributed by atoms with Gasteiger partial charge in [0.1, 0.15) is 5.69 Å². The van der Waals surface area contributed by atoms with Gasteiger partial charge in [0, 0.05) is 18.3 Å². The second-order valence-electron chi connectivity index (χ2n) is 5.83. The standard InChI is InChI=1S/C15H20F3N3O/c1-21(2)13-6-4-3-5-11(13)20-14(22)12-8-7-10(9-19-12)15(16,17)18/h7-9,11,13H,3-6H2,1-2H3,(H,20,22). The number of likely N-dealkylation sites (N-methyl/N-ethyl adjacent to an activating group) is 1. The zero-order valence-corrected chi connectivity index (χ0v) is 12.7. The molecule has 2 atom stereocenters. The van der Waals surface area contributed by atoms with Gasteiger partial charge in [0.2, 0.25) is 0 Å². The third-order valence-electron chi connectivity index (χ3n) is 4.03. The smallest absolute Gasteiger partial charge is 0.346 e. The summed E-state index contributed by atoms with van der Waals surface area (Å²) >= 11 is 0. The lowest BCUT2D eigenvalue weighted by Crippen LogP contribution is -2.51. The first kappa shape index (κ1) is 16.7. The van der Waals surface area contributed by atoms with E-state index in [1.807, 2.05) is 14.1 Å². The van der Waals surface area contributed by atoms with Crippen molar-refractivity contribution < 1.29 is 18.0 Å². The van der Waals surface area contributed by atoms with Gasteiger partial charge in [-0.25, -0.2) is 0 Å². The molecule has 1 fully saturated rings. The number of nitrogens with one attached hydrogen (secondary N) is 1. The van der Waals surface area contributed by atoms with Crippen LogP contribution in [0.15, 0.2) is 18.3 Å². The Morgan fingerprint density at radius 1 is 1.27 bits per heavy atom. The number of rotatable bonds is 3. The van der Waals surface area contributed by atoms with Crippen LogP contribution in [0, 0.1) is 0 Å². The van der Waals surface area contributed by atoms with Gasteiger partial charge in [-0.05, 0) is 39.1 Å². The van der Waals surface area contributed by atoms with Crippen molar-refractivity contribution in [2.24, 2.45) is 0 Å². The normalized spacial score (nSPS) is 22.6. The molecule has 1 amide bonds. The van der Waals surface area contributed by atoms with Crippen molar-refractivity contribution in [2.45, 2.75) is 43.9 Å². The second kappa shape index (κ2) is 6.64. The molecule has 1 aromatic heterocycles. The van der Waals surface area contributed by atoms with E-state index < -0.39 is 17.6 Å². The number of halogens is 3. The van der Waals surface area contributed by atoms with E-state index in [-0.39, 0.29) is 17.8 Å². The van der Waals surface area contributed by atoms with E-state index >= 15 is 0 Å². The summed E-state index contributed by atoms with van der Waals surface area (Å²) < 4.78 is 37.5. The lowest BCUT2D eigenvalue weighted by atomic mass is 9.89. The molecule has 1 saturated carbocycles. The van der Waals surface area contributed by atoms with Crippen LogP contribution in [0.2, 0.25) is 0 Å². The van der Waals surface area contributed by atoms with Crippen LogP contribution in [-0.4, -0.2) is 42.0 Å². The zero-order chi connectivity index (χ0) is 16.3. The molecule has 0 spiro atoms. The first-order valence-corrected chi connectivity index (χ1v) is 7.29. The Balaban J connectivity index is 2.05. The first-order valence-electron chi connectivity index (χ1n) is 7.29. The van der Waals surface area contributed by atoms with E-state index in [4.69, 9.17) is 0 Å². The summed E-state index contributed by atoms with van der Waals surface area (Å²) in [4.78, 5) is 17.9. The van der Waals surface area contributed by atoms with Crippen molar-refractivity contribution >= 4 is 5.91 Å². The van der Waals surface area contributed by atoms with Crippen molar-refractivity contribution in [3.8, 4) is 0 Å².